The van der Waals surface area contributed by atoms with E-state index in [0.717, 1.165) is 36.2 Å². The van der Waals surface area contributed by atoms with Gasteiger partial charge in [0.2, 0.25) is 0 Å². The van der Waals surface area contributed by atoms with Gasteiger partial charge < -0.3 is 10.4 Å². The monoisotopic (exact) mass is 461 g/mol. The third-order valence-corrected chi connectivity index (χ3v) is 7.04. The van der Waals surface area contributed by atoms with E-state index >= 15 is 0 Å². The lowest BCUT2D eigenvalue weighted by Crippen LogP contribution is -2.64. The molecule has 5 rings (SSSR count). The van der Waals surface area contributed by atoms with Gasteiger partial charge in [0.15, 0.2) is 5.82 Å². The van der Waals surface area contributed by atoms with E-state index in [2.05, 4.69) is 72.6 Å². The zero-order valence-electron chi connectivity index (χ0n) is 18.6. The third kappa shape index (κ3) is 4.52. The van der Waals surface area contributed by atoms with Gasteiger partial charge in [-0.3, -0.25) is 4.90 Å². The molecule has 0 radical (unpaired) electrons. The van der Waals surface area contributed by atoms with Gasteiger partial charge in [0.25, 0.3) is 0 Å². The van der Waals surface area contributed by atoms with Gasteiger partial charge in [-0.05, 0) is 71.1 Å². The van der Waals surface area contributed by atoms with Gasteiger partial charge in [-0.2, -0.15) is 0 Å². The summed E-state index contributed by atoms with van der Waals surface area (Å²) in [7, 11) is 0. The number of rotatable bonds is 6. The lowest BCUT2D eigenvalue weighted by molar-refractivity contribution is 0.0286. The van der Waals surface area contributed by atoms with Crippen LogP contribution in [0.15, 0.2) is 60.1 Å². The predicted octanol–water partition coefficient (Wildman–Crippen LogP) is 3.41. The highest BCUT2D eigenvalue weighted by atomic mass is 32.1. The molecule has 1 aliphatic rings. The van der Waals surface area contributed by atoms with Crippen molar-refractivity contribution in [3.8, 4) is 17.1 Å². The highest BCUT2D eigenvalue weighted by Gasteiger charge is 2.41. The Bertz CT molecular complexity index is 1180. The van der Waals surface area contributed by atoms with Gasteiger partial charge in [0, 0.05) is 41.8 Å². The summed E-state index contributed by atoms with van der Waals surface area (Å²) < 4.78 is 4.32. The number of benzene rings is 2. The molecule has 0 spiro atoms. The number of hydrogen-bond donors (Lipinski definition) is 3. The second-order valence-corrected chi connectivity index (χ2v) is 9.67. The smallest absolute Gasteiger partial charge is 0.179 e. The lowest BCUT2D eigenvalue weighted by atomic mass is 9.84. The van der Waals surface area contributed by atoms with E-state index in [4.69, 9.17) is 0 Å². The Hall–Kier alpha value is -3.14. The van der Waals surface area contributed by atoms with Crippen molar-refractivity contribution in [2.45, 2.75) is 37.9 Å². The summed E-state index contributed by atoms with van der Waals surface area (Å²) in [5.74, 6) is 0.912. The maximum Gasteiger partial charge on any atom is 0.179 e. The van der Waals surface area contributed by atoms with Gasteiger partial charge in [-0.15, -0.1) is 5.10 Å². The normalized spacial score (nSPS) is 22.3. The van der Waals surface area contributed by atoms with E-state index in [1.54, 1.807) is 6.07 Å². The highest BCUT2D eigenvalue weighted by molar-refractivity contribution is 7.03. The first-order valence-electron chi connectivity index (χ1n) is 11.0. The quantitative estimate of drug-likeness (QED) is 0.404. The predicted molar refractivity (Wildman–Crippen MR) is 128 cm³/mol. The molecular formula is C24H27N7OS. The minimum absolute atomic E-state index is 0.0276. The molecule has 1 fully saturated rings. The van der Waals surface area contributed by atoms with E-state index in [-0.39, 0.29) is 17.3 Å². The van der Waals surface area contributed by atoms with Crippen LogP contribution < -0.4 is 5.32 Å². The second kappa shape index (κ2) is 9.01. The molecule has 9 heteroatoms. The Balaban J connectivity index is 1.58. The maximum atomic E-state index is 10.3. The molecule has 4 aromatic rings. The van der Waals surface area contributed by atoms with Crippen LogP contribution in [-0.4, -0.2) is 59.7 Å². The molecule has 0 saturated carbocycles. The van der Waals surface area contributed by atoms with Gasteiger partial charge >= 0.3 is 0 Å². The first kappa shape index (κ1) is 21.7. The van der Waals surface area contributed by atoms with Crippen molar-refractivity contribution in [3.05, 3.63) is 76.8 Å². The first-order chi connectivity index (χ1) is 16.0. The molecule has 0 amide bonds. The molecule has 3 atom stereocenters. The Morgan fingerprint density at radius 2 is 2.06 bits per heavy atom. The van der Waals surface area contributed by atoms with Crippen LogP contribution in [0.4, 0.5) is 0 Å². The van der Waals surface area contributed by atoms with Crippen molar-refractivity contribution >= 4 is 11.5 Å². The molecule has 3 N–H and O–H groups in total. The van der Waals surface area contributed by atoms with Crippen LogP contribution in [0.3, 0.4) is 0 Å². The fourth-order valence-electron chi connectivity index (χ4n) is 4.76. The average molecular weight is 462 g/mol. The first-order valence-corrected chi connectivity index (χ1v) is 11.9. The third-order valence-electron chi connectivity index (χ3n) is 6.41. The largest absolute Gasteiger partial charge is 0.508 e. The molecule has 3 heterocycles. The number of piperazine rings is 1. The Kier molecular flexibility index (Phi) is 5.92. The van der Waals surface area contributed by atoms with Crippen molar-refractivity contribution in [2.75, 3.05) is 13.1 Å². The van der Waals surface area contributed by atoms with Crippen LogP contribution in [0.1, 0.15) is 36.6 Å². The Morgan fingerprint density at radius 3 is 2.76 bits per heavy atom. The summed E-state index contributed by atoms with van der Waals surface area (Å²) in [5, 5.41) is 30.3. The minimum atomic E-state index is -0.140. The molecule has 170 valence electrons. The van der Waals surface area contributed by atoms with Crippen molar-refractivity contribution in [3.63, 3.8) is 0 Å². The zero-order chi connectivity index (χ0) is 22.8. The van der Waals surface area contributed by atoms with Crippen molar-refractivity contribution in [1.82, 2.24) is 35.2 Å². The molecule has 1 aliphatic heterocycles. The van der Waals surface area contributed by atoms with E-state index in [1.165, 1.54) is 17.1 Å². The Morgan fingerprint density at radius 1 is 1.21 bits per heavy atom. The highest BCUT2D eigenvalue weighted by Crippen LogP contribution is 2.38. The lowest BCUT2D eigenvalue weighted by Gasteiger charge is -2.51. The summed E-state index contributed by atoms with van der Waals surface area (Å²) >= 11 is 1.49. The Labute approximate surface area is 196 Å². The van der Waals surface area contributed by atoms with Crippen LogP contribution in [0.5, 0.6) is 5.75 Å². The van der Waals surface area contributed by atoms with Gasteiger partial charge in [-0.25, -0.2) is 9.47 Å². The van der Waals surface area contributed by atoms with E-state index in [0.29, 0.717) is 11.9 Å². The van der Waals surface area contributed by atoms with Crippen molar-refractivity contribution in [1.29, 1.82) is 0 Å². The summed E-state index contributed by atoms with van der Waals surface area (Å²) in [6.45, 7) is 6.27. The molecule has 8 nitrogen and oxygen atoms in total. The molecule has 2 aromatic heterocycles. The van der Waals surface area contributed by atoms with E-state index in [9.17, 15) is 5.11 Å². The number of phenols is 1. The minimum Gasteiger partial charge on any atom is -0.508 e. The number of aromatic amines is 1. The van der Waals surface area contributed by atoms with Crippen LogP contribution >= 0.6 is 11.5 Å². The number of H-pyrrole nitrogens is 1. The fraction of sp³-hybridized carbons (Fsp3) is 0.333. The number of nitrogens with one attached hydrogen (secondary N) is 2. The average Bonchev–Trinajstić information content (AvgIpc) is 3.52. The SMILES string of the molecule is C[C@@H]1CN([C@H](c2ccc(-c3nnn[nH]3)cc2)c2cccc(O)c2)[C@@](C)(Cc2cnsc2)CN1. The maximum absolute atomic E-state index is 10.3. The summed E-state index contributed by atoms with van der Waals surface area (Å²) in [4.78, 5) is 2.58. The van der Waals surface area contributed by atoms with Gasteiger partial charge in [0.05, 0.1) is 6.04 Å². The standard InChI is InChI=1S/C24H27N7OS/c1-16-13-31(24(2,15-25-16)11-17-12-26-33-14-17)22(20-4-3-5-21(32)10-20)18-6-8-19(9-7-18)23-27-29-30-28-23/h3-10,12,14,16,22,25,32H,11,13,15H2,1-2H3,(H,27,28,29,30)/t16-,22-,24+/m1/s1. The van der Waals surface area contributed by atoms with E-state index in [1.807, 2.05) is 30.5 Å². The zero-order valence-corrected chi connectivity index (χ0v) is 19.5. The van der Waals surface area contributed by atoms with Crippen LogP contribution in [-0.2, 0) is 6.42 Å². The summed E-state index contributed by atoms with van der Waals surface area (Å²) in [5.41, 5.74) is 4.25. The van der Waals surface area contributed by atoms with Crippen LogP contribution in [0.25, 0.3) is 11.4 Å². The number of phenolic OH excluding ortho intramolecular Hbond substituents is 1. The van der Waals surface area contributed by atoms with Crippen LogP contribution in [0.2, 0.25) is 0 Å². The van der Waals surface area contributed by atoms with Crippen molar-refractivity contribution < 1.29 is 5.11 Å². The number of nitrogens with zero attached hydrogens (tertiary/aromatic N) is 5. The van der Waals surface area contributed by atoms with Crippen LogP contribution in [0, 0.1) is 0 Å². The van der Waals surface area contributed by atoms with Gasteiger partial charge in [0.1, 0.15) is 5.75 Å². The molecular weight excluding hydrogens is 434 g/mol. The molecule has 0 unspecified atom stereocenters. The fourth-order valence-corrected chi connectivity index (χ4v) is 5.30. The molecule has 33 heavy (non-hydrogen) atoms. The molecule has 0 aliphatic carbocycles. The molecule has 1 saturated heterocycles. The van der Waals surface area contributed by atoms with Crippen molar-refractivity contribution in [2.24, 2.45) is 0 Å². The number of aromatic nitrogens is 5. The summed E-state index contributed by atoms with van der Waals surface area (Å²) in [6.07, 6.45) is 2.86. The second-order valence-electron chi connectivity index (χ2n) is 9.01. The number of aromatic hydroxyl groups is 1. The molecule has 2 aromatic carbocycles. The van der Waals surface area contributed by atoms with E-state index < -0.39 is 0 Å². The molecule has 0 bridgehead atoms. The van der Waals surface area contributed by atoms with Gasteiger partial charge in [-0.1, -0.05) is 36.4 Å². The topological polar surface area (TPSA) is 103 Å². The summed E-state index contributed by atoms with van der Waals surface area (Å²) in [6, 6.07) is 16.3. The number of tetrazole rings is 1. The number of hydrogen-bond acceptors (Lipinski definition) is 8.